The first-order valence-corrected chi connectivity index (χ1v) is 6.44. The second-order valence-corrected chi connectivity index (χ2v) is 5.45. The van der Waals surface area contributed by atoms with Crippen LogP contribution < -0.4 is 5.32 Å². The smallest absolute Gasteiger partial charge is 0.337 e. The minimum atomic E-state index is -1.000. The van der Waals surface area contributed by atoms with E-state index in [1.807, 2.05) is 6.92 Å². The largest absolute Gasteiger partial charge is 0.478 e. The van der Waals surface area contributed by atoms with Crippen LogP contribution in [0.15, 0.2) is 24.4 Å². The lowest BCUT2D eigenvalue weighted by Crippen LogP contribution is -2.05. The highest BCUT2D eigenvalue weighted by Crippen LogP contribution is 2.22. The van der Waals surface area contributed by atoms with E-state index in [4.69, 9.17) is 16.7 Å². The average Bonchev–Trinajstić information content (AvgIpc) is 2.73. The number of anilines is 1. The fraction of sp³-hybridized carbons (Fsp3) is 0.167. The van der Waals surface area contributed by atoms with Gasteiger partial charge in [0.15, 0.2) is 0 Å². The molecule has 0 fully saturated rings. The zero-order valence-corrected chi connectivity index (χ0v) is 11.2. The Balaban J connectivity index is 2.16. The molecular weight excluding hydrogens is 272 g/mol. The van der Waals surface area contributed by atoms with Crippen molar-refractivity contribution in [3.05, 3.63) is 44.9 Å². The number of carbonyl (C=O) groups is 1. The summed E-state index contributed by atoms with van der Waals surface area (Å²) in [6.07, 6.45) is 1.78. The number of aromatic nitrogens is 1. The summed E-state index contributed by atoms with van der Waals surface area (Å²) in [4.78, 5) is 16.3. The van der Waals surface area contributed by atoms with Gasteiger partial charge in [-0.3, -0.25) is 0 Å². The zero-order valence-electron chi connectivity index (χ0n) is 9.61. The number of aryl methyl sites for hydroxylation is 1. The molecule has 0 saturated heterocycles. The van der Waals surface area contributed by atoms with Gasteiger partial charge in [0.1, 0.15) is 0 Å². The molecule has 0 saturated carbocycles. The van der Waals surface area contributed by atoms with Gasteiger partial charge < -0.3 is 10.4 Å². The highest BCUT2D eigenvalue weighted by atomic mass is 35.5. The molecule has 0 amide bonds. The normalized spacial score (nSPS) is 10.3. The topological polar surface area (TPSA) is 62.2 Å². The van der Waals surface area contributed by atoms with E-state index >= 15 is 0 Å². The number of nitrogens with zero attached hydrogens (tertiary/aromatic N) is 1. The SMILES string of the molecule is Cc1ncc(CNc2ccc(Cl)cc2C(=O)O)s1. The lowest BCUT2D eigenvalue weighted by Gasteiger charge is -2.08. The molecular formula is C12H11ClN2O2S. The Kier molecular flexibility index (Phi) is 3.84. The minimum absolute atomic E-state index is 0.170. The van der Waals surface area contributed by atoms with Crippen LogP contribution in [0.3, 0.4) is 0 Å². The molecule has 0 aliphatic heterocycles. The van der Waals surface area contributed by atoms with E-state index in [1.165, 1.54) is 6.07 Å². The quantitative estimate of drug-likeness (QED) is 0.902. The molecule has 6 heteroatoms. The standard InChI is InChI=1S/C12H11ClN2O2S/c1-7-14-5-9(18-7)6-15-11-3-2-8(13)4-10(11)12(16)17/h2-5,15H,6H2,1H3,(H,16,17). The summed E-state index contributed by atoms with van der Waals surface area (Å²) in [5.41, 5.74) is 0.724. The van der Waals surface area contributed by atoms with Gasteiger partial charge in [-0.2, -0.15) is 0 Å². The zero-order chi connectivity index (χ0) is 13.1. The summed E-state index contributed by atoms with van der Waals surface area (Å²) in [5, 5.41) is 13.6. The number of rotatable bonds is 4. The van der Waals surface area contributed by atoms with Crippen molar-refractivity contribution >= 4 is 34.6 Å². The Morgan fingerprint density at radius 3 is 2.94 bits per heavy atom. The summed E-state index contributed by atoms with van der Waals surface area (Å²) in [5.74, 6) is -1.000. The number of hydrogen-bond donors (Lipinski definition) is 2. The molecule has 1 aromatic heterocycles. The highest BCUT2D eigenvalue weighted by Gasteiger charge is 2.10. The maximum atomic E-state index is 11.1. The molecule has 4 nitrogen and oxygen atoms in total. The third-order valence-electron chi connectivity index (χ3n) is 2.33. The molecule has 0 aliphatic rings. The number of benzene rings is 1. The number of carboxylic acids is 1. The fourth-order valence-corrected chi connectivity index (χ4v) is 2.42. The van der Waals surface area contributed by atoms with E-state index in [0.29, 0.717) is 17.3 Å². The van der Waals surface area contributed by atoms with Gasteiger partial charge in [0, 0.05) is 21.8 Å². The summed E-state index contributed by atoms with van der Waals surface area (Å²) in [6, 6.07) is 4.76. The van der Waals surface area contributed by atoms with E-state index < -0.39 is 5.97 Å². The number of thiazole rings is 1. The number of hydrogen-bond acceptors (Lipinski definition) is 4. The van der Waals surface area contributed by atoms with Gasteiger partial charge in [0.25, 0.3) is 0 Å². The van der Waals surface area contributed by atoms with Crippen LogP contribution in [-0.4, -0.2) is 16.1 Å². The second-order valence-electron chi connectivity index (χ2n) is 3.69. The van der Waals surface area contributed by atoms with Gasteiger partial charge >= 0.3 is 5.97 Å². The van der Waals surface area contributed by atoms with Gasteiger partial charge in [-0.15, -0.1) is 11.3 Å². The predicted octanol–water partition coefficient (Wildman–Crippen LogP) is 3.42. The van der Waals surface area contributed by atoms with Crippen molar-refractivity contribution in [3.8, 4) is 0 Å². The van der Waals surface area contributed by atoms with Gasteiger partial charge in [0.05, 0.1) is 17.1 Å². The van der Waals surface area contributed by atoms with Crippen LogP contribution in [0, 0.1) is 6.92 Å². The van der Waals surface area contributed by atoms with Crippen molar-refractivity contribution in [2.75, 3.05) is 5.32 Å². The van der Waals surface area contributed by atoms with Crippen LogP contribution >= 0.6 is 22.9 Å². The molecule has 1 heterocycles. The van der Waals surface area contributed by atoms with E-state index in [9.17, 15) is 4.79 Å². The van der Waals surface area contributed by atoms with Crippen molar-refractivity contribution < 1.29 is 9.90 Å². The van der Waals surface area contributed by atoms with Crippen LogP contribution in [0.1, 0.15) is 20.2 Å². The van der Waals surface area contributed by atoms with Gasteiger partial charge in [-0.05, 0) is 25.1 Å². The summed E-state index contributed by atoms with van der Waals surface area (Å²) in [6.45, 7) is 2.48. The molecule has 2 rings (SSSR count). The summed E-state index contributed by atoms with van der Waals surface area (Å²) < 4.78 is 0. The maximum Gasteiger partial charge on any atom is 0.337 e. The number of halogens is 1. The molecule has 1 aromatic carbocycles. The Bertz CT molecular complexity index is 583. The maximum absolute atomic E-state index is 11.1. The number of carboxylic acid groups (broad SMARTS) is 1. The van der Waals surface area contributed by atoms with Crippen LogP contribution in [-0.2, 0) is 6.54 Å². The van der Waals surface area contributed by atoms with E-state index in [2.05, 4.69) is 10.3 Å². The van der Waals surface area contributed by atoms with Gasteiger partial charge in [0.2, 0.25) is 0 Å². The van der Waals surface area contributed by atoms with Gasteiger partial charge in [-0.25, -0.2) is 9.78 Å². The van der Waals surface area contributed by atoms with Crippen LogP contribution in [0.5, 0.6) is 0 Å². The molecule has 0 unspecified atom stereocenters. The van der Waals surface area contributed by atoms with Gasteiger partial charge in [-0.1, -0.05) is 11.6 Å². The van der Waals surface area contributed by atoms with Crippen LogP contribution in [0.25, 0.3) is 0 Å². The van der Waals surface area contributed by atoms with Crippen molar-refractivity contribution in [3.63, 3.8) is 0 Å². The molecule has 2 aromatic rings. The molecule has 0 radical (unpaired) electrons. The molecule has 0 spiro atoms. The minimum Gasteiger partial charge on any atom is -0.478 e. The van der Waals surface area contributed by atoms with E-state index in [1.54, 1.807) is 29.7 Å². The Labute approximate surface area is 113 Å². The lowest BCUT2D eigenvalue weighted by molar-refractivity contribution is 0.0698. The van der Waals surface area contributed by atoms with Crippen molar-refractivity contribution in [2.24, 2.45) is 0 Å². The van der Waals surface area contributed by atoms with E-state index in [0.717, 1.165) is 9.88 Å². The van der Waals surface area contributed by atoms with E-state index in [-0.39, 0.29) is 5.56 Å². The Hall–Kier alpha value is -1.59. The first-order valence-electron chi connectivity index (χ1n) is 5.24. The molecule has 94 valence electrons. The highest BCUT2D eigenvalue weighted by molar-refractivity contribution is 7.11. The molecule has 2 N–H and O–H groups in total. The monoisotopic (exact) mass is 282 g/mol. The Morgan fingerprint density at radius 2 is 2.33 bits per heavy atom. The number of nitrogens with one attached hydrogen (secondary N) is 1. The summed E-state index contributed by atoms with van der Waals surface area (Å²) >= 11 is 7.36. The van der Waals surface area contributed by atoms with Crippen molar-refractivity contribution in [1.82, 2.24) is 4.98 Å². The first kappa shape index (κ1) is 12.9. The van der Waals surface area contributed by atoms with Crippen molar-refractivity contribution in [2.45, 2.75) is 13.5 Å². The first-order chi connectivity index (χ1) is 8.56. The fourth-order valence-electron chi connectivity index (χ4n) is 1.52. The molecule has 0 atom stereocenters. The number of aromatic carboxylic acids is 1. The second kappa shape index (κ2) is 5.37. The Morgan fingerprint density at radius 1 is 1.56 bits per heavy atom. The molecule has 18 heavy (non-hydrogen) atoms. The summed E-state index contributed by atoms with van der Waals surface area (Å²) in [7, 11) is 0. The average molecular weight is 283 g/mol. The third-order valence-corrected chi connectivity index (χ3v) is 3.48. The lowest BCUT2D eigenvalue weighted by atomic mass is 10.2. The predicted molar refractivity (Wildman–Crippen MR) is 72.6 cm³/mol. The van der Waals surface area contributed by atoms with Crippen LogP contribution in [0.2, 0.25) is 5.02 Å². The molecule has 0 bridgehead atoms. The van der Waals surface area contributed by atoms with Crippen LogP contribution in [0.4, 0.5) is 5.69 Å². The van der Waals surface area contributed by atoms with Crippen molar-refractivity contribution in [1.29, 1.82) is 0 Å². The third kappa shape index (κ3) is 3.00. The molecule has 0 aliphatic carbocycles.